The predicted octanol–water partition coefficient (Wildman–Crippen LogP) is 1.60. The number of hydrogen-bond acceptors (Lipinski definition) is 4. The normalized spacial score (nSPS) is 10.7. The van der Waals surface area contributed by atoms with Crippen LogP contribution in [0.5, 0.6) is 0 Å². The molecule has 6 nitrogen and oxygen atoms in total. The molecule has 0 N–H and O–H groups in total. The van der Waals surface area contributed by atoms with E-state index in [9.17, 15) is 10.1 Å². The molecule has 2 heterocycles. The van der Waals surface area contributed by atoms with Crippen LogP contribution in [0.3, 0.4) is 0 Å². The topological polar surface area (TPSA) is 73.3 Å². The fraction of sp³-hybridized carbons (Fsp3) is 0.143. The Kier molecular flexibility index (Phi) is 1.85. The van der Waals surface area contributed by atoms with Crippen molar-refractivity contribution in [3.63, 3.8) is 0 Å². The lowest BCUT2D eigenvalue weighted by Gasteiger charge is -1.92. The van der Waals surface area contributed by atoms with Gasteiger partial charge in [-0.2, -0.15) is 0 Å². The summed E-state index contributed by atoms with van der Waals surface area (Å²) in [7, 11) is 0. The Labute approximate surface area is 83.3 Å². The van der Waals surface area contributed by atoms with Gasteiger partial charge in [0.15, 0.2) is 0 Å². The van der Waals surface area contributed by atoms with Crippen molar-refractivity contribution in [2.75, 3.05) is 0 Å². The maximum absolute atomic E-state index is 10.7. The van der Waals surface area contributed by atoms with Crippen molar-refractivity contribution in [2.24, 2.45) is 0 Å². The molecular formula is C7H5ClN4O2. The van der Waals surface area contributed by atoms with Crippen molar-refractivity contribution in [3.8, 4) is 0 Å². The molecule has 14 heavy (non-hydrogen) atoms. The first kappa shape index (κ1) is 8.89. The maximum Gasteiger partial charge on any atom is 0.371 e. The zero-order valence-electron chi connectivity index (χ0n) is 7.14. The van der Waals surface area contributed by atoms with Crippen LogP contribution in [0, 0.1) is 17.0 Å². The van der Waals surface area contributed by atoms with Gasteiger partial charge in [-0.3, -0.25) is 0 Å². The van der Waals surface area contributed by atoms with Crippen LogP contribution in [0.1, 0.15) is 5.69 Å². The largest absolute Gasteiger partial charge is 0.371 e. The molecule has 0 bridgehead atoms. The van der Waals surface area contributed by atoms with Crippen LogP contribution in [0.25, 0.3) is 5.65 Å². The quantitative estimate of drug-likeness (QED) is 0.532. The number of aryl methyl sites for hydroxylation is 1. The van der Waals surface area contributed by atoms with E-state index in [-0.39, 0.29) is 5.82 Å². The number of halogens is 1. The SMILES string of the molecule is Cc1nc2c(Cl)ccnn2c1[N+](=O)[O-]. The Balaban J connectivity index is 2.90. The number of hydrogen-bond donors (Lipinski definition) is 0. The van der Waals surface area contributed by atoms with Crippen molar-refractivity contribution in [2.45, 2.75) is 6.92 Å². The van der Waals surface area contributed by atoms with Gasteiger partial charge < -0.3 is 10.1 Å². The molecule has 0 unspecified atom stereocenters. The van der Waals surface area contributed by atoms with Crippen LogP contribution in [-0.2, 0) is 0 Å². The molecule has 2 aromatic heterocycles. The number of nitro groups is 1. The molecule has 0 amide bonds. The molecule has 0 aromatic carbocycles. The molecule has 0 aliphatic heterocycles. The van der Waals surface area contributed by atoms with Crippen molar-refractivity contribution < 1.29 is 4.92 Å². The summed E-state index contributed by atoms with van der Waals surface area (Å²) in [6, 6.07) is 1.53. The number of fused-ring (bicyclic) bond motifs is 1. The highest BCUT2D eigenvalue weighted by Gasteiger charge is 2.22. The van der Waals surface area contributed by atoms with Crippen LogP contribution >= 0.6 is 11.6 Å². The molecule has 7 heteroatoms. The van der Waals surface area contributed by atoms with Gasteiger partial charge >= 0.3 is 5.82 Å². The van der Waals surface area contributed by atoms with Gasteiger partial charge in [0.25, 0.3) is 5.65 Å². The van der Waals surface area contributed by atoms with E-state index in [2.05, 4.69) is 10.1 Å². The van der Waals surface area contributed by atoms with Gasteiger partial charge in [-0.1, -0.05) is 21.2 Å². The summed E-state index contributed by atoms with van der Waals surface area (Å²) < 4.78 is 1.12. The summed E-state index contributed by atoms with van der Waals surface area (Å²) in [6.07, 6.45) is 1.39. The average Bonchev–Trinajstić information content (AvgIpc) is 2.42. The second-order valence-corrected chi connectivity index (χ2v) is 3.10. The maximum atomic E-state index is 10.7. The standard InChI is InChI=1S/C7H5ClN4O2/c1-4-7(12(13)14)11-6(10-4)5(8)2-3-9-11/h2-3H,1H3. The first-order chi connectivity index (χ1) is 6.61. The van der Waals surface area contributed by atoms with Gasteiger partial charge in [0.1, 0.15) is 10.7 Å². The molecule has 0 fully saturated rings. The van der Waals surface area contributed by atoms with E-state index in [4.69, 9.17) is 11.6 Å². The second kappa shape index (κ2) is 2.91. The van der Waals surface area contributed by atoms with E-state index < -0.39 is 4.92 Å². The van der Waals surface area contributed by atoms with Gasteiger partial charge in [-0.05, 0) is 17.9 Å². The highest BCUT2D eigenvalue weighted by Crippen LogP contribution is 2.22. The van der Waals surface area contributed by atoms with Crippen molar-refractivity contribution in [3.05, 3.63) is 33.1 Å². The molecule has 2 rings (SSSR count). The van der Waals surface area contributed by atoms with E-state index >= 15 is 0 Å². The summed E-state index contributed by atoms with van der Waals surface area (Å²) in [5.74, 6) is -0.150. The number of imidazole rings is 1. The Hall–Kier alpha value is -1.69. The lowest BCUT2D eigenvalue weighted by molar-refractivity contribution is -0.391. The molecule has 0 saturated carbocycles. The highest BCUT2D eigenvalue weighted by molar-refractivity contribution is 6.33. The molecule has 0 saturated heterocycles. The Morgan fingerprint density at radius 1 is 1.64 bits per heavy atom. The number of nitrogens with zero attached hydrogens (tertiary/aromatic N) is 4. The van der Waals surface area contributed by atoms with E-state index in [0.29, 0.717) is 16.4 Å². The lowest BCUT2D eigenvalue weighted by Crippen LogP contribution is -1.98. The molecule has 2 aromatic rings. The lowest BCUT2D eigenvalue weighted by atomic mass is 10.5. The summed E-state index contributed by atoms with van der Waals surface area (Å²) in [5.41, 5.74) is 0.606. The fourth-order valence-corrected chi connectivity index (χ4v) is 1.40. The Morgan fingerprint density at radius 3 is 3.00 bits per heavy atom. The summed E-state index contributed by atoms with van der Waals surface area (Å²) >= 11 is 5.80. The Bertz CT molecular complexity index is 522. The average molecular weight is 213 g/mol. The minimum absolute atomic E-state index is 0.150. The fourth-order valence-electron chi connectivity index (χ4n) is 1.22. The van der Waals surface area contributed by atoms with Crippen LogP contribution in [0.2, 0.25) is 5.02 Å². The van der Waals surface area contributed by atoms with Crippen LogP contribution in [-0.4, -0.2) is 19.5 Å². The number of aromatic nitrogens is 3. The van der Waals surface area contributed by atoms with Gasteiger partial charge in [-0.15, -0.1) is 0 Å². The highest BCUT2D eigenvalue weighted by atomic mass is 35.5. The summed E-state index contributed by atoms with van der Waals surface area (Å²) in [5, 5.41) is 14.8. The van der Waals surface area contributed by atoms with Gasteiger partial charge in [0, 0.05) is 0 Å². The van der Waals surface area contributed by atoms with Crippen molar-refractivity contribution >= 4 is 23.1 Å². The molecule has 0 atom stereocenters. The van der Waals surface area contributed by atoms with E-state index in [0.717, 1.165) is 4.52 Å². The molecule has 0 aliphatic carbocycles. The third-order valence-corrected chi connectivity index (χ3v) is 2.08. The first-order valence-electron chi connectivity index (χ1n) is 3.75. The number of rotatable bonds is 1. The van der Waals surface area contributed by atoms with E-state index in [1.54, 1.807) is 6.92 Å². The second-order valence-electron chi connectivity index (χ2n) is 2.69. The minimum Gasteiger partial charge on any atom is -0.358 e. The summed E-state index contributed by atoms with van der Waals surface area (Å²) in [4.78, 5) is 14.1. The van der Waals surface area contributed by atoms with Crippen LogP contribution < -0.4 is 0 Å². The van der Waals surface area contributed by atoms with E-state index in [1.807, 2.05) is 0 Å². The molecular weight excluding hydrogens is 208 g/mol. The monoisotopic (exact) mass is 212 g/mol. The molecule has 72 valence electrons. The molecule has 0 aliphatic rings. The van der Waals surface area contributed by atoms with Crippen molar-refractivity contribution in [1.82, 2.24) is 14.6 Å². The van der Waals surface area contributed by atoms with Gasteiger partial charge in [-0.25, -0.2) is 4.98 Å². The van der Waals surface area contributed by atoms with E-state index in [1.165, 1.54) is 12.3 Å². The minimum atomic E-state index is -0.529. The van der Waals surface area contributed by atoms with Gasteiger partial charge in [0.2, 0.25) is 0 Å². The molecule has 0 radical (unpaired) electrons. The van der Waals surface area contributed by atoms with Crippen LogP contribution in [0.15, 0.2) is 12.3 Å². The third kappa shape index (κ3) is 1.12. The zero-order valence-corrected chi connectivity index (χ0v) is 7.89. The first-order valence-corrected chi connectivity index (χ1v) is 4.13. The summed E-state index contributed by atoms with van der Waals surface area (Å²) in [6.45, 7) is 1.54. The van der Waals surface area contributed by atoms with Gasteiger partial charge in [0.05, 0.1) is 6.20 Å². The third-order valence-electron chi connectivity index (χ3n) is 1.79. The van der Waals surface area contributed by atoms with Crippen molar-refractivity contribution in [1.29, 1.82) is 0 Å². The Morgan fingerprint density at radius 2 is 2.36 bits per heavy atom. The smallest absolute Gasteiger partial charge is 0.358 e. The zero-order chi connectivity index (χ0) is 10.3. The predicted molar refractivity (Wildman–Crippen MR) is 49.4 cm³/mol. The van der Waals surface area contributed by atoms with Crippen LogP contribution in [0.4, 0.5) is 5.82 Å². The molecule has 0 spiro atoms.